The fourth-order valence-corrected chi connectivity index (χ4v) is 1.03. The monoisotopic (exact) mass is 155 g/mol. The van der Waals surface area contributed by atoms with E-state index in [2.05, 4.69) is 13.8 Å². The fraction of sp³-hybridized carbons (Fsp3) is 1.00. The van der Waals surface area contributed by atoms with Crippen molar-refractivity contribution < 1.29 is 0 Å². The highest BCUT2D eigenvalue weighted by Gasteiger charge is 1.85. The summed E-state index contributed by atoms with van der Waals surface area (Å²) in [4.78, 5) is 0. The SMILES string of the molecule is CCCCCCCCC.[Al]. The molecule has 0 heterocycles. The smallest absolute Gasteiger partial charge is 0 e. The van der Waals surface area contributed by atoms with Gasteiger partial charge in [-0.2, -0.15) is 0 Å². The summed E-state index contributed by atoms with van der Waals surface area (Å²) in [5.41, 5.74) is 0. The van der Waals surface area contributed by atoms with Crippen molar-refractivity contribution in [2.24, 2.45) is 0 Å². The second-order valence-corrected chi connectivity index (χ2v) is 2.77. The van der Waals surface area contributed by atoms with Crippen molar-refractivity contribution in [3.05, 3.63) is 0 Å². The summed E-state index contributed by atoms with van der Waals surface area (Å²) in [6.45, 7) is 4.53. The van der Waals surface area contributed by atoms with E-state index in [1.807, 2.05) is 0 Å². The molecule has 0 unspecified atom stereocenters. The van der Waals surface area contributed by atoms with Crippen molar-refractivity contribution >= 4 is 17.4 Å². The van der Waals surface area contributed by atoms with Gasteiger partial charge in [0.15, 0.2) is 0 Å². The lowest BCUT2D eigenvalue weighted by molar-refractivity contribution is 0.602. The Morgan fingerprint density at radius 3 is 1.20 bits per heavy atom. The first-order valence-electron chi connectivity index (χ1n) is 4.41. The molecule has 0 rings (SSSR count). The van der Waals surface area contributed by atoms with Crippen LogP contribution < -0.4 is 0 Å². The summed E-state index contributed by atoms with van der Waals surface area (Å²) in [6.07, 6.45) is 9.97. The molecule has 0 atom stereocenters. The zero-order valence-corrected chi connectivity index (χ0v) is 8.68. The maximum atomic E-state index is 2.26. The van der Waals surface area contributed by atoms with E-state index < -0.39 is 0 Å². The topological polar surface area (TPSA) is 0 Å². The Balaban J connectivity index is 0. The molecular weight excluding hydrogens is 135 g/mol. The van der Waals surface area contributed by atoms with Gasteiger partial charge in [-0.3, -0.25) is 0 Å². The molecule has 0 aromatic heterocycles. The summed E-state index contributed by atoms with van der Waals surface area (Å²) in [7, 11) is 0. The highest BCUT2D eigenvalue weighted by molar-refractivity contribution is 5.75. The van der Waals surface area contributed by atoms with Crippen molar-refractivity contribution in [3.63, 3.8) is 0 Å². The molecule has 0 spiro atoms. The first-order chi connectivity index (χ1) is 4.41. The van der Waals surface area contributed by atoms with Gasteiger partial charge in [-0.25, -0.2) is 0 Å². The van der Waals surface area contributed by atoms with Crippen LogP contribution in [0.4, 0.5) is 0 Å². The molecule has 0 aliphatic heterocycles. The first kappa shape index (κ1) is 13.1. The molecule has 0 aliphatic rings. The van der Waals surface area contributed by atoms with Gasteiger partial charge in [-0.1, -0.05) is 58.8 Å². The largest absolute Gasteiger partial charge is 0.0654 e. The molecule has 0 aromatic carbocycles. The zero-order chi connectivity index (χ0) is 6.95. The van der Waals surface area contributed by atoms with Crippen LogP contribution in [-0.4, -0.2) is 17.4 Å². The van der Waals surface area contributed by atoms with Crippen molar-refractivity contribution in [1.29, 1.82) is 0 Å². The molecule has 1 heteroatoms. The lowest BCUT2D eigenvalue weighted by atomic mass is 10.1. The van der Waals surface area contributed by atoms with Gasteiger partial charge in [-0.15, -0.1) is 0 Å². The summed E-state index contributed by atoms with van der Waals surface area (Å²) in [5, 5.41) is 0. The molecule has 0 saturated carbocycles. The first-order valence-corrected chi connectivity index (χ1v) is 4.41. The minimum Gasteiger partial charge on any atom is -0.0654 e. The summed E-state index contributed by atoms with van der Waals surface area (Å²) < 4.78 is 0. The normalized spacial score (nSPS) is 9.00. The maximum absolute atomic E-state index is 2.26. The predicted molar refractivity (Wildman–Crippen MR) is 49.4 cm³/mol. The molecule has 0 bridgehead atoms. The number of unbranched alkanes of at least 4 members (excludes halogenated alkanes) is 6. The quantitative estimate of drug-likeness (QED) is 0.407. The molecule has 0 fully saturated rings. The van der Waals surface area contributed by atoms with Crippen molar-refractivity contribution in [3.8, 4) is 0 Å². The Hall–Kier alpha value is 0.532. The third kappa shape index (κ3) is 11.3. The summed E-state index contributed by atoms with van der Waals surface area (Å²) in [5.74, 6) is 0. The lowest BCUT2D eigenvalue weighted by Crippen LogP contribution is -1.76. The van der Waals surface area contributed by atoms with E-state index in [9.17, 15) is 0 Å². The van der Waals surface area contributed by atoms with Crippen LogP contribution in [0.15, 0.2) is 0 Å². The van der Waals surface area contributed by atoms with E-state index in [0.717, 1.165) is 0 Å². The predicted octanol–water partition coefficient (Wildman–Crippen LogP) is 3.38. The third-order valence-corrected chi connectivity index (χ3v) is 1.71. The molecule has 10 heavy (non-hydrogen) atoms. The Labute approximate surface area is 76.5 Å². The number of rotatable bonds is 6. The fourth-order valence-electron chi connectivity index (χ4n) is 1.03. The summed E-state index contributed by atoms with van der Waals surface area (Å²) >= 11 is 0. The van der Waals surface area contributed by atoms with Crippen molar-refractivity contribution in [2.45, 2.75) is 58.8 Å². The molecule has 0 saturated heterocycles. The average Bonchev–Trinajstić information content (AvgIpc) is 1.89. The van der Waals surface area contributed by atoms with Crippen LogP contribution in [0.1, 0.15) is 58.8 Å². The highest BCUT2D eigenvalue weighted by atomic mass is 27.0. The van der Waals surface area contributed by atoms with E-state index in [-0.39, 0.29) is 17.4 Å². The van der Waals surface area contributed by atoms with Crippen LogP contribution in [0.25, 0.3) is 0 Å². The molecule has 0 nitrogen and oxygen atoms in total. The van der Waals surface area contributed by atoms with E-state index in [1.54, 1.807) is 0 Å². The van der Waals surface area contributed by atoms with Gasteiger partial charge in [0.1, 0.15) is 0 Å². The molecule has 3 radical (unpaired) electrons. The highest BCUT2D eigenvalue weighted by Crippen LogP contribution is 2.05. The Morgan fingerprint density at radius 1 is 0.600 bits per heavy atom. The standard InChI is InChI=1S/C9H20.Al/c1-3-5-7-9-8-6-4-2;/h3-9H2,1-2H3;. The molecule has 59 valence electrons. The van der Waals surface area contributed by atoms with E-state index in [4.69, 9.17) is 0 Å². The van der Waals surface area contributed by atoms with Crippen LogP contribution in [0, 0.1) is 0 Å². The second-order valence-electron chi connectivity index (χ2n) is 2.77. The van der Waals surface area contributed by atoms with E-state index in [1.165, 1.54) is 44.9 Å². The van der Waals surface area contributed by atoms with Crippen LogP contribution in [0.5, 0.6) is 0 Å². The summed E-state index contributed by atoms with van der Waals surface area (Å²) in [6, 6.07) is 0. The third-order valence-electron chi connectivity index (χ3n) is 1.71. The minimum absolute atomic E-state index is 0. The van der Waals surface area contributed by atoms with E-state index in [0.29, 0.717) is 0 Å². The van der Waals surface area contributed by atoms with Crippen LogP contribution in [-0.2, 0) is 0 Å². The van der Waals surface area contributed by atoms with Gasteiger partial charge in [0.2, 0.25) is 0 Å². The number of hydrogen-bond donors (Lipinski definition) is 0. The van der Waals surface area contributed by atoms with Crippen LogP contribution in [0.2, 0.25) is 0 Å². The minimum atomic E-state index is 0. The zero-order valence-electron chi connectivity index (χ0n) is 7.53. The Morgan fingerprint density at radius 2 is 0.900 bits per heavy atom. The lowest BCUT2D eigenvalue weighted by Gasteiger charge is -1.96. The molecule has 0 aromatic rings. The maximum Gasteiger partial charge on any atom is 0 e. The Kier molecular flexibility index (Phi) is 16.1. The van der Waals surface area contributed by atoms with Crippen LogP contribution in [0.3, 0.4) is 0 Å². The van der Waals surface area contributed by atoms with Gasteiger partial charge in [0, 0.05) is 17.4 Å². The Bertz CT molecular complexity index is 38.0. The van der Waals surface area contributed by atoms with Gasteiger partial charge in [0.05, 0.1) is 0 Å². The molecule has 0 amide bonds. The molecule has 0 aliphatic carbocycles. The number of hydrogen-bond acceptors (Lipinski definition) is 0. The molecule has 0 N–H and O–H groups in total. The molecular formula is C9H20Al. The van der Waals surface area contributed by atoms with Gasteiger partial charge in [-0.05, 0) is 0 Å². The van der Waals surface area contributed by atoms with Gasteiger partial charge >= 0.3 is 0 Å². The average molecular weight is 155 g/mol. The van der Waals surface area contributed by atoms with Crippen molar-refractivity contribution in [2.75, 3.05) is 0 Å². The van der Waals surface area contributed by atoms with Crippen LogP contribution >= 0.6 is 0 Å². The van der Waals surface area contributed by atoms with E-state index >= 15 is 0 Å². The van der Waals surface area contributed by atoms with Crippen molar-refractivity contribution in [1.82, 2.24) is 0 Å². The van der Waals surface area contributed by atoms with Gasteiger partial charge in [0.25, 0.3) is 0 Å². The second kappa shape index (κ2) is 12.2. The van der Waals surface area contributed by atoms with Gasteiger partial charge < -0.3 is 0 Å².